The van der Waals surface area contributed by atoms with Gasteiger partial charge in [-0.25, -0.2) is 0 Å². The van der Waals surface area contributed by atoms with Crippen LogP contribution in [0, 0.1) is 0 Å². The summed E-state index contributed by atoms with van der Waals surface area (Å²) in [5, 5.41) is 17.9. The standard InChI is InChI=1S/C20H20N6O3/c1-12-16(19(27)22-13-8-5-4-6-9-13)17(26-20(21-12)23-24-25-26)14-10-7-11-15(28-2)18(14)29-3/h4-11,17H,1-3H3,(H,22,27)(H,21,23,25). The number of tetrazole rings is 1. The molecule has 1 amide bonds. The molecule has 2 aromatic carbocycles. The summed E-state index contributed by atoms with van der Waals surface area (Å²) in [4.78, 5) is 13.3. The van der Waals surface area contributed by atoms with Gasteiger partial charge in [0.25, 0.3) is 5.91 Å². The molecule has 2 N–H and O–H groups in total. The van der Waals surface area contributed by atoms with Gasteiger partial charge in [0.2, 0.25) is 5.95 Å². The Morgan fingerprint density at radius 3 is 2.62 bits per heavy atom. The molecule has 0 radical (unpaired) electrons. The molecule has 9 heteroatoms. The molecule has 2 heterocycles. The number of nitrogens with one attached hydrogen (secondary N) is 2. The van der Waals surface area contributed by atoms with E-state index in [1.54, 1.807) is 25.0 Å². The van der Waals surface area contributed by atoms with Gasteiger partial charge in [-0.1, -0.05) is 35.4 Å². The molecule has 0 spiro atoms. The first-order chi connectivity index (χ1) is 14.1. The smallest absolute Gasteiger partial charge is 0.255 e. The van der Waals surface area contributed by atoms with Crippen LogP contribution in [0.2, 0.25) is 0 Å². The first-order valence-electron chi connectivity index (χ1n) is 8.97. The van der Waals surface area contributed by atoms with Crippen LogP contribution in [0.15, 0.2) is 59.8 Å². The van der Waals surface area contributed by atoms with Gasteiger partial charge in [-0.05, 0) is 35.5 Å². The number of carbonyl (C=O) groups excluding carboxylic acids is 1. The number of anilines is 2. The van der Waals surface area contributed by atoms with Gasteiger partial charge in [-0.2, -0.15) is 4.68 Å². The van der Waals surface area contributed by atoms with Crippen LogP contribution >= 0.6 is 0 Å². The Bertz CT molecular complexity index is 1080. The van der Waals surface area contributed by atoms with E-state index in [1.165, 1.54) is 0 Å². The third-order valence-corrected chi connectivity index (χ3v) is 4.72. The Labute approximate surface area is 167 Å². The topological polar surface area (TPSA) is 103 Å². The van der Waals surface area contributed by atoms with Gasteiger partial charge in [-0.15, -0.1) is 0 Å². The minimum atomic E-state index is -0.602. The zero-order chi connectivity index (χ0) is 20.4. The van der Waals surface area contributed by atoms with E-state index in [1.807, 2.05) is 49.4 Å². The van der Waals surface area contributed by atoms with Gasteiger partial charge in [-0.3, -0.25) is 4.79 Å². The number of ether oxygens (including phenoxy) is 2. The number of hydrogen-bond donors (Lipinski definition) is 2. The summed E-state index contributed by atoms with van der Waals surface area (Å²) in [6.07, 6.45) is 0. The maximum Gasteiger partial charge on any atom is 0.255 e. The fourth-order valence-electron chi connectivity index (χ4n) is 3.44. The highest BCUT2D eigenvalue weighted by Gasteiger charge is 2.36. The number of amides is 1. The molecule has 9 nitrogen and oxygen atoms in total. The van der Waals surface area contributed by atoms with E-state index < -0.39 is 6.04 Å². The highest BCUT2D eigenvalue weighted by Crippen LogP contribution is 2.42. The number of fused-ring (bicyclic) bond motifs is 1. The Morgan fingerprint density at radius 1 is 1.10 bits per heavy atom. The minimum absolute atomic E-state index is 0.266. The third kappa shape index (κ3) is 3.27. The molecule has 29 heavy (non-hydrogen) atoms. The molecule has 0 saturated carbocycles. The Kier molecular flexibility index (Phi) is 4.86. The molecule has 1 atom stereocenters. The molecule has 1 aliphatic heterocycles. The Hall–Kier alpha value is -3.88. The maximum atomic E-state index is 13.3. The van der Waals surface area contributed by atoms with Gasteiger partial charge >= 0.3 is 0 Å². The van der Waals surface area contributed by atoms with Crippen molar-refractivity contribution in [1.29, 1.82) is 0 Å². The second-order valence-corrected chi connectivity index (χ2v) is 6.42. The van der Waals surface area contributed by atoms with Gasteiger partial charge in [0.1, 0.15) is 6.04 Å². The van der Waals surface area contributed by atoms with Crippen molar-refractivity contribution in [3.8, 4) is 11.5 Å². The zero-order valence-electron chi connectivity index (χ0n) is 16.2. The van der Waals surface area contributed by atoms with E-state index in [0.717, 1.165) is 0 Å². The predicted molar refractivity (Wildman–Crippen MR) is 107 cm³/mol. The molecular weight excluding hydrogens is 372 g/mol. The summed E-state index contributed by atoms with van der Waals surface area (Å²) >= 11 is 0. The van der Waals surface area contributed by atoms with E-state index in [4.69, 9.17) is 9.47 Å². The van der Waals surface area contributed by atoms with Crippen LogP contribution in [-0.2, 0) is 4.79 Å². The maximum absolute atomic E-state index is 13.3. The van der Waals surface area contributed by atoms with Crippen LogP contribution in [-0.4, -0.2) is 40.3 Å². The van der Waals surface area contributed by atoms with Gasteiger partial charge < -0.3 is 20.1 Å². The molecule has 0 saturated heterocycles. The minimum Gasteiger partial charge on any atom is -0.493 e. The predicted octanol–water partition coefficient (Wildman–Crippen LogP) is 2.62. The summed E-state index contributed by atoms with van der Waals surface area (Å²) in [5.74, 6) is 1.24. The van der Waals surface area contributed by atoms with Crippen LogP contribution in [0.4, 0.5) is 11.6 Å². The molecule has 4 rings (SSSR count). The lowest BCUT2D eigenvalue weighted by molar-refractivity contribution is -0.113. The number of methoxy groups -OCH3 is 2. The monoisotopic (exact) mass is 392 g/mol. The SMILES string of the molecule is COc1cccc(C2C(C(=O)Nc3ccccc3)=C(C)Nc3nnnn32)c1OC. The van der Waals surface area contributed by atoms with Crippen molar-refractivity contribution in [2.24, 2.45) is 0 Å². The van der Waals surface area contributed by atoms with Crippen molar-refractivity contribution in [3.05, 3.63) is 65.4 Å². The van der Waals surface area contributed by atoms with E-state index in [2.05, 4.69) is 26.2 Å². The first kappa shape index (κ1) is 18.5. The van der Waals surface area contributed by atoms with Crippen LogP contribution in [0.5, 0.6) is 11.5 Å². The summed E-state index contributed by atoms with van der Waals surface area (Å²) in [6.45, 7) is 1.82. The molecule has 0 bridgehead atoms. The van der Waals surface area contributed by atoms with E-state index >= 15 is 0 Å². The molecule has 1 aliphatic rings. The number of allylic oxidation sites excluding steroid dienone is 1. The molecule has 1 aromatic heterocycles. The van der Waals surface area contributed by atoms with Crippen molar-refractivity contribution < 1.29 is 14.3 Å². The first-order valence-corrected chi connectivity index (χ1v) is 8.97. The summed E-state index contributed by atoms with van der Waals surface area (Å²) < 4.78 is 12.6. The van der Waals surface area contributed by atoms with Crippen LogP contribution < -0.4 is 20.1 Å². The number of hydrogen-bond acceptors (Lipinski definition) is 7. The van der Waals surface area contributed by atoms with Gasteiger partial charge in [0.05, 0.1) is 19.8 Å². The average Bonchev–Trinajstić information content (AvgIpc) is 3.20. The Morgan fingerprint density at radius 2 is 1.90 bits per heavy atom. The lowest BCUT2D eigenvalue weighted by atomic mass is 9.94. The van der Waals surface area contributed by atoms with Crippen molar-refractivity contribution in [2.45, 2.75) is 13.0 Å². The number of carbonyl (C=O) groups is 1. The molecule has 0 aliphatic carbocycles. The number of para-hydroxylation sites is 2. The van der Waals surface area contributed by atoms with E-state index in [9.17, 15) is 4.79 Å². The highest BCUT2D eigenvalue weighted by atomic mass is 16.5. The lowest BCUT2D eigenvalue weighted by Crippen LogP contribution is -2.31. The Balaban J connectivity index is 1.84. The summed E-state index contributed by atoms with van der Waals surface area (Å²) in [5.41, 5.74) is 2.52. The van der Waals surface area contributed by atoms with Crippen molar-refractivity contribution in [3.63, 3.8) is 0 Å². The number of aromatic nitrogens is 4. The molecular formula is C20H20N6O3. The molecule has 0 fully saturated rings. The number of rotatable bonds is 5. The van der Waals surface area contributed by atoms with Crippen molar-refractivity contribution in [2.75, 3.05) is 24.9 Å². The van der Waals surface area contributed by atoms with Gasteiger partial charge in [0.15, 0.2) is 11.5 Å². The zero-order valence-corrected chi connectivity index (χ0v) is 16.2. The second-order valence-electron chi connectivity index (χ2n) is 6.42. The largest absolute Gasteiger partial charge is 0.493 e. The summed E-state index contributed by atoms with van der Waals surface area (Å²) in [6, 6.07) is 14.2. The summed E-state index contributed by atoms with van der Waals surface area (Å²) in [7, 11) is 3.12. The second kappa shape index (κ2) is 7.63. The van der Waals surface area contributed by atoms with Crippen LogP contribution in [0.1, 0.15) is 18.5 Å². The van der Waals surface area contributed by atoms with Crippen molar-refractivity contribution in [1.82, 2.24) is 20.2 Å². The third-order valence-electron chi connectivity index (χ3n) is 4.72. The van der Waals surface area contributed by atoms with Gasteiger partial charge in [0, 0.05) is 16.9 Å². The van der Waals surface area contributed by atoms with Crippen LogP contribution in [0.25, 0.3) is 0 Å². The average molecular weight is 392 g/mol. The quantitative estimate of drug-likeness (QED) is 0.688. The highest BCUT2D eigenvalue weighted by molar-refractivity contribution is 6.06. The number of benzene rings is 2. The fourth-order valence-corrected chi connectivity index (χ4v) is 3.44. The van der Waals surface area contributed by atoms with Crippen molar-refractivity contribution >= 4 is 17.5 Å². The molecule has 148 valence electrons. The molecule has 1 unspecified atom stereocenters. The van der Waals surface area contributed by atoms with E-state index in [-0.39, 0.29) is 5.91 Å². The van der Waals surface area contributed by atoms with Crippen LogP contribution in [0.3, 0.4) is 0 Å². The fraction of sp³-hybridized carbons (Fsp3) is 0.200. The van der Waals surface area contributed by atoms with E-state index in [0.29, 0.717) is 40.0 Å². The number of nitrogens with zero attached hydrogens (tertiary/aromatic N) is 4. The molecule has 3 aromatic rings. The normalized spacial score (nSPS) is 15.3. The lowest BCUT2D eigenvalue weighted by Gasteiger charge is -2.29.